The number of hydrogen-bond donors (Lipinski definition) is 2. The number of amides is 1. The fourth-order valence-corrected chi connectivity index (χ4v) is 2.15. The number of carbonyl (C=O) groups is 1. The van der Waals surface area contributed by atoms with E-state index in [0.29, 0.717) is 5.92 Å². The molecule has 0 radical (unpaired) electrons. The van der Waals surface area contributed by atoms with Gasteiger partial charge in [-0.05, 0) is 17.5 Å². The molecule has 1 amide bonds. The van der Waals surface area contributed by atoms with Crippen LogP contribution in [0.5, 0.6) is 0 Å². The Kier molecular flexibility index (Phi) is 1.58. The molecule has 72 valence electrons. The molecule has 2 aliphatic heterocycles. The van der Waals surface area contributed by atoms with Crippen molar-refractivity contribution in [3.8, 4) is 0 Å². The van der Waals surface area contributed by atoms with Crippen molar-refractivity contribution in [3.05, 3.63) is 24.0 Å². The minimum absolute atomic E-state index is 0.0363. The van der Waals surface area contributed by atoms with Gasteiger partial charge in [0.2, 0.25) is 5.91 Å². The number of fused-ring (bicyclic) bond motifs is 1. The lowest BCUT2D eigenvalue weighted by atomic mass is 9.83. The Morgan fingerprint density at radius 3 is 3.00 bits per heavy atom. The molecule has 0 bridgehead atoms. The zero-order chi connectivity index (χ0) is 9.54. The second-order valence-electron chi connectivity index (χ2n) is 3.85. The third kappa shape index (κ3) is 0.974. The summed E-state index contributed by atoms with van der Waals surface area (Å²) >= 11 is 0. The van der Waals surface area contributed by atoms with Crippen LogP contribution in [-0.4, -0.2) is 24.0 Å². The predicted molar refractivity (Wildman–Crippen MR) is 52.0 cm³/mol. The maximum atomic E-state index is 11.7. The summed E-state index contributed by atoms with van der Waals surface area (Å²) in [5.74, 6) is 0.618. The van der Waals surface area contributed by atoms with E-state index in [4.69, 9.17) is 0 Å². The minimum Gasteiger partial charge on any atom is -0.324 e. The van der Waals surface area contributed by atoms with Crippen LogP contribution in [0.3, 0.4) is 0 Å². The van der Waals surface area contributed by atoms with Crippen LogP contribution in [0, 0.1) is 5.92 Å². The van der Waals surface area contributed by atoms with Crippen LogP contribution >= 0.6 is 0 Å². The number of rotatable bonds is 1. The maximum Gasteiger partial charge on any atom is 0.232 e. The SMILES string of the molecule is O=C1Nc2cnccc2C1C1CNC1. The van der Waals surface area contributed by atoms with Gasteiger partial charge in [0.15, 0.2) is 0 Å². The van der Waals surface area contributed by atoms with E-state index in [1.165, 1.54) is 0 Å². The monoisotopic (exact) mass is 189 g/mol. The van der Waals surface area contributed by atoms with Gasteiger partial charge < -0.3 is 10.6 Å². The fraction of sp³-hybridized carbons (Fsp3) is 0.400. The van der Waals surface area contributed by atoms with Crippen molar-refractivity contribution in [1.29, 1.82) is 0 Å². The molecule has 0 aliphatic carbocycles. The van der Waals surface area contributed by atoms with E-state index in [1.54, 1.807) is 12.4 Å². The molecule has 0 saturated carbocycles. The second-order valence-corrected chi connectivity index (χ2v) is 3.85. The van der Waals surface area contributed by atoms with Crippen LogP contribution in [0.4, 0.5) is 5.69 Å². The number of anilines is 1. The van der Waals surface area contributed by atoms with Crippen molar-refractivity contribution in [2.24, 2.45) is 5.92 Å². The third-order valence-corrected chi connectivity index (χ3v) is 3.01. The summed E-state index contributed by atoms with van der Waals surface area (Å²) in [6, 6.07) is 1.94. The topological polar surface area (TPSA) is 54.0 Å². The van der Waals surface area contributed by atoms with Gasteiger partial charge in [-0.2, -0.15) is 0 Å². The summed E-state index contributed by atoms with van der Waals surface area (Å²) < 4.78 is 0. The van der Waals surface area contributed by atoms with Gasteiger partial charge in [0.25, 0.3) is 0 Å². The van der Waals surface area contributed by atoms with Crippen molar-refractivity contribution >= 4 is 11.6 Å². The second kappa shape index (κ2) is 2.78. The van der Waals surface area contributed by atoms with Crippen LogP contribution in [-0.2, 0) is 4.79 Å². The Balaban J connectivity index is 2.01. The molecule has 3 heterocycles. The van der Waals surface area contributed by atoms with Crippen molar-refractivity contribution in [1.82, 2.24) is 10.3 Å². The van der Waals surface area contributed by atoms with Crippen molar-refractivity contribution in [2.45, 2.75) is 5.92 Å². The van der Waals surface area contributed by atoms with Crippen LogP contribution in [0.1, 0.15) is 11.5 Å². The summed E-state index contributed by atoms with van der Waals surface area (Å²) in [5, 5.41) is 6.06. The average molecular weight is 189 g/mol. The molecule has 1 atom stereocenters. The highest BCUT2D eigenvalue weighted by Crippen LogP contribution is 2.37. The molecule has 1 fully saturated rings. The predicted octanol–water partition coefficient (Wildman–Crippen LogP) is 0.337. The van der Waals surface area contributed by atoms with Crippen molar-refractivity contribution in [2.75, 3.05) is 18.4 Å². The quantitative estimate of drug-likeness (QED) is 0.669. The molecular formula is C10H11N3O. The molecule has 4 heteroatoms. The molecule has 0 spiro atoms. The van der Waals surface area contributed by atoms with Gasteiger partial charge in [0.05, 0.1) is 17.8 Å². The highest BCUT2D eigenvalue weighted by atomic mass is 16.2. The summed E-state index contributed by atoms with van der Waals surface area (Å²) in [7, 11) is 0. The molecule has 1 aromatic heterocycles. The van der Waals surface area contributed by atoms with Crippen LogP contribution in [0.15, 0.2) is 18.5 Å². The first-order chi connectivity index (χ1) is 6.86. The number of aromatic nitrogens is 1. The molecule has 1 aromatic rings. The minimum atomic E-state index is 0.0363. The van der Waals surface area contributed by atoms with E-state index in [2.05, 4.69) is 15.6 Å². The van der Waals surface area contributed by atoms with Gasteiger partial charge in [-0.25, -0.2) is 0 Å². The first kappa shape index (κ1) is 7.94. The van der Waals surface area contributed by atoms with Gasteiger partial charge in [0.1, 0.15) is 0 Å². The molecule has 4 nitrogen and oxygen atoms in total. The van der Waals surface area contributed by atoms with Crippen LogP contribution in [0.2, 0.25) is 0 Å². The highest BCUT2D eigenvalue weighted by molar-refractivity contribution is 6.02. The molecule has 1 saturated heterocycles. The van der Waals surface area contributed by atoms with Gasteiger partial charge >= 0.3 is 0 Å². The Morgan fingerprint density at radius 1 is 1.43 bits per heavy atom. The Bertz CT molecular complexity index is 387. The summed E-state index contributed by atoms with van der Waals surface area (Å²) in [6.45, 7) is 1.89. The largest absolute Gasteiger partial charge is 0.324 e. The first-order valence-electron chi connectivity index (χ1n) is 4.82. The van der Waals surface area contributed by atoms with Gasteiger partial charge in [-0.3, -0.25) is 9.78 Å². The Hall–Kier alpha value is -1.42. The normalized spacial score (nSPS) is 25.4. The lowest BCUT2D eigenvalue weighted by molar-refractivity contribution is -0.118. The van der Waals surface area contributed by atoms with Gasteiger partial charge in [-0.15, -0.1) is 0 Å². The summed E-state index contributed by atoms with van der Waals surface area (Å²) in [4.78, 5) is 15.7. The number of carbonyl (C=O) groups excluding carboxylic acids is 1. The van der Waals surface area contributed by atoms with E-state index < -0.39 is 0 Å². The van der Waals surface area contributed by atoms with E-state index >= 15 is 0 Å². The van der Waals surface area contributed by atoms with E-state index in [0.717, 1.165) is 24.3 Å². The molecule has 2 N–H and O–H groups in total. The van der Waals surface area contributed by atoms with Crippen molar-refractivity contribution < 1.29 is 4.79 Å². The standard InChI is InChI=1S/C10H11N3O/c14-10-9(6-3-12-4-6)7-1-2-11-5-8(7)13-10/h1-2,5-6,9,12H,3-4H2,(H,13,14). The maximum absolute atomic E-state index is 11.7. The third-order valence-electron chi connectivity index (χ3n) is 3.01. The van der Waals surface area contributed by atoms with Gasteiger partial charge in [-0.1, -0.05) is 0 Å². The lowest BCUT2D eigenvalue weighted by Crippen LogP contribution is -2.46. The van der Waals surface area contributed by atoms with Crippen LogP contribution < -0.4 is 10.6 Å². The van der Waals surface area contributed by atoms with Gasteiger partial charge in [0, 0.05) is 19.3 Å². The smallest absolute Gasteiger partial charge is 0.232 e. The summed E-state index contributed by atoms with van der Waals surface area (Å²) in [6.07, 6.45) is 3.47. The molecule has 14 heavy (non-hydrogen) atoms. The number of nitrogens with zero attached hydrogens (tertiary/aromatic N) is 1. The fourth-order valence-electron chi connectivity index (χ4n) is 2.15. The van der Waals surface area contributed by atoms with Crippen molar-refractivity contribution in [3.63, 3.8) is 0 Å². The number of hydrogen-bond acceptors (Lipinski definition) is 3. The number of nitrogens with one attached hydrogen (secondary N) is 2. The average Bonchev–Trinajstić information content (AvgIpc) is 2.41. The van der Waals surface area contributed by atoms with E-state index in [9.17, 15) is 4.79 Å². The Morgan fingerprint density at radius 2 is 2.29 bits per heavy atom. The molecule has 1 unspecified atom stereocenters. The van der Waals surface area contributed by atoms with Crippen LogP contribution in [0.25, 0.3) is 0 Å². The lowest BCUT2D eigenvalue weighted by Gasteiger charge is -2.31. The molecule has 2 aliphatic rings. The zero-order valence-corrected chi connectivity index (χ0v) is 7.66. The number of pyridine rings is 1. The first-order valence-corrected chi connectivity index (χ1v) is 4.82. The van der Waals surface area contributed by atoms with E-state index in [1.807, 2.05) is 6.07 Å². The molecular weight excluding hydrogens is 178 g/mol. The summed E-state index contributed by atoms with van der Waals surface area (Å²) in [5.41, 5.74) is 1.99. The molecule has 3 rings (SSSR count). The zero-order valence-electron chi connectivity index (χ0n) is 7.66. The molecule has 0 aromatic carbocycles. The van der Waals surface area contributed by atoms with E-state index in [-0.39, 0.29) is 11.8 Å². The highest BCUT2D eigenvalue weighted by Gasteiger charge is 2.39. The Labute approximate surface area is 81.7 Å².